The predicted molar refractivity (Wildman–Crippen MR) is 129 cm³/mol. The fraction of sp³-hybridized carbons (Fsp3) is 0.360. The molecule has 170 valence electrons. The van der Waals surface area contributed by atoms with Crippen molar-refractivity contribution < 1.29 is 4.40 Å². The Balaban J connectivity index is 1.73. The zero-order valence-corrected chi connectivity index (χ0v) is 19.4. The molecule has 1 saturated heterocycles. The Morgan fingerprint density at radius 3 is 2.39 bits per heavy atom. The summed E-state index contributed by atoms with van der Waals surface area (Å²) in [6.07, 6.45) is 2.14. The van der Waals surface area contributed by atoms with Crippen LogP contribution in [0, 0.1) is 19.8 Å². The zero-order valence-electron chi connectivity index (χ0n) is 19.4. The van der Waals surface area contributed by atoms with Gasteiger partial charge in [0, 0.05) is 17.0 Å². The summed E-state index contributed by atoms with van der Waals surface area (Å²) in [5, 5.41) is 3.39. The number of pyridine rings is 1. The van der Waals surface area contributed by atoms with E-state index in [0.717, 1.165) is 59.7 Å². The normalized spacial score (nSPS) is 15.4. The van der Waals surface area contributed by atoms with Crippen molar-refractivity contribution in [3.63, 3.8) is 0 Å². The molecule has 0 amide bonds. The molecule has 0 saturated carbocycles. The summed E-state index contributed by atoms with van der Waals surface area (Å²) in [6, 6.07) is 14.0. The Morgan fingerprint density at radius 2 is 1.73 bits per heavy atom. The molecule has 8 nitrogen and oxygen atoms in total. The summed E-state index contributed by atoms with van der Waals surface area (Å²) in [6.45, 7) is 6.69. The molecule has 1 aromatic carbocycles. The number of rotatable bonds is 4. The summed E-state index contributed by atoms with van der Waals surface area (Å²) < 4.78 is 3.20. The van der Waals surface area contributed by atoms with E-state index < -0.39 is 0 Å². The van der Waals surface area contributed by atoms with Gasteiger partial charge < -0.3 is 10.6 Å². The van der Waals surface area contributed by atoms with Crippen LogP contribution >= 0.6 is 0 Å². The summed E-state index contributed by atoms with van der Waals surface area (Å²) in [5.41, 5.74) is 12.1. The largest absolute Gasteiger partial charge is 0.428 e. The maximum atomic E-state index is 13.4. The number of nitrogens with two attached hydrogens (primary N) is 1. The lowest BCUT2D eigenvalue weighted by Gasteiger charge is -2.27. The SMILES string of the molecule is Cc1cc(-c2c(-c3ccccc3)nc(N)[n+]3c(=O)n(CC4CCN(C)CC4)[nH]c23)cc(C)n1. The number of aromatic nitrogens is 5. The van der Waals surface area contributed by atoms with Crippen LogP contribution in [0.5, 0.6) is 0 Å². The summed E-state index contributed by atoms with van der Waals surface area (Å²) >= 11 is 0. The third-order valence-corrected chi connectivity index (χ3v) is 6.51. The number of aromatic amines is 1. The van der Waals surface area contributed by atoms with Crippen molar-refractivity contribution in [2.24, 2.45) is 5.92 Å². The third kappa shape index (κ3) is 4.02. The average molecular weight is 445 g/mol. The highest BCUT2D eigenvalue weighted by Gasteiger charge is 2.27. The minimum atomic E-state index is -0.183. The van der Waals surface area contributed by atoms with Gasteiger partial charge in [-0.2, -0.15) is 4.68 Å². The van der Waals surface area contributed by atoms with Gasteiger partial charge in [-0.15, -0.1) is 9.38 Å². The van der Waals surface area contributed by atoms with Crippen LogP contribution < -0.4 is 15.8 Å². The zero-order chi connectivity index (χ0) is 23.1. The Bertz CT molecular complexity index is 1350. The van der Waals surface area contributed by atoms with Gasteiger partial charge in [0.05, 0.1) is 12.1 Å². The van der Waals surface area contributed by atoms with E-state index >= 15 is 0 Å². The maximum Gasteiger partial charge on any atom is 0.428 e. The fourth-order valence-electron chi connectivity index (χ4n) is 4.84. The maximum absolute atomic E-state index is 13.4. The molecule has 0 atom stereocenters. The number of piperidine rings is 1. The molecule has 8 heteroatoms. The molecule has 0 unspecified atom stereocenters. The second-order valence-corrected chi connectivity index (χ2v) is 9.13. The van der Waals surface area contributed by atoms with E-state index in [2.05, 4.69) is 22.0 Å². The van der Waals surface area contributed by atoms with E-state index in [1.54, 1.807) is 4.68 Å². The average Bonchev–Trinajstić information content (AvgIpc) is 3.11. The van der Waals surface area contributed by atoms with Crippen LogP contribution in [-0.4, -0.2) is 44.8 Å². The van der Waals surface area contributed by atoms with Crippen molar-refractivity contribution in [2.75, 3.05) is 25.9 Å². The molecule has 1 fully saturated rings. The monoisotopic (exact) mass is 444 g/mol. The van der Waals surface area contributed by atoms with Gasteiger partial charge in [-0.25, -0.2) is 9.89 Å². The van der Waals surface area contributed by atoms with Crippen LogP contribution in [0.15, 0.2) is 47.3 Å². The number of hydrogen-bond donors (Lipinski definition) is 2. The number of aryl methyl sites for hydroxylation is 2. The van der Waals surface area contributed by atoms with E-state index in [1.807, 2.05) is 56.3 Å². The summed E-state index contributed by atoms with van der Waals surface area (Å²) in [4.78, 5) is 25.0. The highest BCUT2D eigenvalue weighted by Crippen LogP contribution is 2.33. The lowest BCUT2D eigenvalue weighted by atomic mass is 9.97. The topological polar surface area (TPSA) is 96.9 Å². The molecular formula is C25H30N7O+. The molecule has 1 aliphatic heterocycles. The van der Waals surface area contributed by atoms with Crippen molar-refractivity contribution in [3.05, 3.63) is 64.3 Å². The van der Waals surface area contributed by atoms with Gasteiger partial charge in [-0.05, 0) is 70.4 Å². The Labute approximate surface area is 192 Å². The number of hydrogen-bond acceptors (Lipinski definition) is 5. The molecule has 33 heavy (non-hydrogen) atoms. The summed E-state index contributed by atoms with van der Waals surface area (Å²) in [5.74, 6) is 0.627. The molecule has 0 aliphatic carbocycles. The standard InChI is InChI=1S/C25H29N7O/c1-16-13-20(14-17(2)27-16)21-22(19-7-5-4-6-8-19)28-24(26)32-23(21)29-31(25(32)33)15-18-9-11-30(3)12-10-18/h4-8,13-14,18H,9-12,15H2,1-3H3,(H2,26,27,28,29)/p+1. The van der Waals surface area contributed by atoms with E-state index in [1.165, 1.54) is 4.40 Å². The highest BCUT2D eigenvalue weighted by atomic mass is 16.2. The first kappa shape index (κ1) is 21.3. The van der Waals surface area contributed by atoms with Crippen molar-refractivity contribution in [3.8, 4) is 22.4 Å². The second kappa shape index (κ2) is 8.44. The van der Waals surface area contributed by atoms with E-state index in [0.29, 0.717) is 18.1 Å². The van der Waals surface area contributed by atoms with Crippen molar-refractivity contribution in [1.82, 2.24) is 24.6 Å². The number of H-pyrrole nitrogens is 1. The van der Waals surface area contributed by atoms with Crippen LogP contribution in [0.4, 0.5) is 5.95 Å². The van der Waals surface area contributed by atoms with Gasteiger partial charge in [-0.3, -0.25) is 4.98 Å². The predicted octanol–water partition coefficient (Wildman–Crippen LogP) is 2.58. The number of nitrogen functional groups attached to an aromatic ring is 1. The van der Waals surface area contributed by atoms with E-state index in [4.69, 9.17) is 10.7 Å². The smallest absolute Gasteiger partial charge is 0.319 e. The van der Waals surface area contributed by atoms with Gasteiger partial charge in [0.1, 0.15) is 5.69 Å². The number of anilines is 1. The van der Waals surface area contributed by atoms with Gasteiger partial charge in [0.15, 0.2) is 0 Å². The van der Waals surface area contributed by atoms with Gasteiger partial charge >= 0.3 is 11.6 Å². The molecule has 3 aromatic heterocycles. The minimum absolute atomic E-state index is 0.179. The molecule has 0 spiro atoms. The summed E-state index contributed by atoms with van der Waals surface area (Å²) in [7, 11) is 2.14. The number of fused-ring (bicyclic) bond motifs is 1. The fourth-order valence-corrected chi connectivity index (χ4v) is 4.84. The Kier molecular flexibility index (Phi) is 5.46. The lowest BCUT2D eigenvalue weighted by molar-refractivity contribution is -0.516. The van der Waals surface area contributed by atoms with Crippen molar-refractivity contribution in [1.29, 1.82) is 0 Å². The van der Waals surface area contributed by atoms with Crippen molar-refractivity contribution >= 4 is 11.6 Å². The molecule has 4 heterocycles. The van der Waals surface area contributed by atoms with Crippen LogP contribution in [-0.2, 0) is 6.54 Å². The first-order valence-electron chi connectivity index (χ1n) is 11.4. The first-order valence-corrected chi connectivity index (χ1v) is 11.4. The first-order chi connectivity index (χ1) is 15.9. The number of nitrogens with zero attached hydrogens (tertiary/aromatic N) is 5. The van der Waals surface area contributed by atoms with Gasteiger partial charge in [0.2, 0.25) is 5.65 Å². The van der Waals surface area contributed by atoms with Gasteiger partial charge in [-0.1, -0.05) is 30.3 Å². The quantitative estimate of drug-likeness (QED) is 0.472. The van der Waals surface area contributed by atoms with Crippen LogP contribution in [0.1, 0.15) is 24.2 Å². The third-order valence-electron chi connectivity index (χ3n) is 6.51. The molecule has 0 bridgehead atoms. The van der Waals surface area contributed by atoms with Crippen LogP contribution in [0.2, 0.25) is 0 Å². The van der Waals surface area contributed by atoms with Crippen LogP contribution in [0.25, 0.3) is 28.0 Å². The number of nitrogens with one attached hydrogen (secondary N) is 1. The second-order valence-electron chi connectivity index (χ2n) is 9.13. The Morgan fingerprint density at radius 1 is 1.06 bits per heavy atom. The molecule has 3 N–H and O–H groups in total. The van der Waals surface area contributed by atoms with Crippen molar-refractivity contribution in [2.45, 2.75) is 33.2 Å². The highest BCUT2D eigenvalue weighted by molar-refractivity contribution is 5.88. The minimum Gasteiger partial charge on any atom is -0.319 e. The van der Waals surface area contributed by atoms with Crippen LogP contribution in [0.3, 0.4) is 0 Å². The lowest BCUT2D eigenvalue weighted by Crippen LogP contribution is -2.45. The van der Waals surface area contributed by atoms with Gasteiger partial charge in [0.25, 0.3) is 0 Å². The number of benzene rings is 1. The molecule has 0 radical (unpaired) electrons. The number of likely N-dealkylation sites (tertiary alicyclic amines) is 1. The molecule has 4 aromatic rings. The molecule has 5 rings (SSSR count). The van der Waals surface area contributed by atoms with E-state index in [-0.39, 0.29) is 11.6 Å². The Hall–Kier alpha value is -3.52. The van der Waals surface area contributed by atoms with E-state index in [9.17, 15) is 4.79 Å². The molecular weight excluding hydrogens is 414 g/mol. The molecule has 1 aliphatic rings.